The lowest BCUT2D eigenvalue weighted by molar-refractivity contribution is -0.120. The predicted molar refractivity (Wildman–Crippen MR) is 72.7 cm³/mol. The first-order valence-corrected chi connectivity index (χ1v) is 6.98. The van der Waals surface area contributed by atoms with Crippen molar-refractivity contribution in [3.63, 3.8) is 0 Å². The molecule has 0 radical (unpaired) electrons. The van der Waals surface area contributed by atoms with Gasteiger partial charge >= 0.3 is 6.18 Å². The second-order valence-electron chi connectivity index (χ2n) is 5.16. The zero-order valence-corrected chi connectivity index (χ0v) is 11.6. The maximum Gasteiger partial charge on any atom is 0.405 e. The van der Waals surface area contributed by atoms with Gasteiger partial charge in [0.25, 0.3) is 0 Å². The van der Waals surface area contributed by atoms with E-state index < -0.39 is 12.7 Å². The summed E-state index contributed by atoms with van der Waals surface area (Å²) in [6, 6.07) is 3.44. The molecule has 1 heterocycles. The number of alkyl halides is 3. The zero-order chi connectivity index (χ0) is 14.6. The third kappa shape index (κ3) is 4.67. The highest BCUT2D eigenvalue weighted by Crippen LogP contribution is 2.34. The molecule has 0 aliphatic heterocycles. The van der Waals surface area contributed by atoms with E-state index in [1.165, 1.54) is 4.90 Å². The maximum absolute atomic E-state index is 12.7. The topological polar surface area (TPSA) is 28.2 Å². The zero-order valence-electron chi connectivity index (χ0n) is 11.6. The summed E-state index contributed by atoms with van der Waals surface area (Å²) in [5.41, 5.74) is 1.40. The SMILES string of the molecule is CCCNCc1cc(N(CC(F)(F)F)C2CC2)ccn1. The van der Waals surface area contributed by atoms with Crippen molar-refractivity contribution >= 4 is 5.69 Å². The lowest BCUT2D eigenvalue weighted by Gasteiger charge is -2.26. The van der Waals surface area contributed by atoms with Gasteiger partial charge in [0.2, 0.25) is 0 Å². The third-order valence-electron chi connectivity index (χ3n) is 3.20. The van der Waals surface area contributed by atoms with E-state index in [1.807, 2.05) is 0 Å². The Morgan fingerprint density at radius 1 is 1.40 bits per heavy atom. The molecule has 3 nitrogen and oxygen atoms in total. The van der Waals surface area contributed by atoms with Crippen molar-refractivity contribution in [3.05, 3.63) is 24.0 Å². The fourth-order valence-corrected chi connectivity index (χ4v) is 2.14. The summed E-state index contributed by atoms with van der Waals surface area (Å²) in [4.78, 5) is 5.65. The Bertz CT molecular complexity index is 430. The van der Waals surface area contributed by atoms with Crippen LogP contribution < -0.4 is 10.2 Å². The lowest BCUT2D eigenvalue weighted by Crippen LogP contribution is -2.36. The highest BCUT2D eigenvalue weighted by atomic mass is 19.4. The Morgan fingerprint density at radius 2 is 2.15 bits per heavy atom. The minimum Gasteiger partial charge on any atom is -0.359 e. The van der Waals surface area contributed by atoms with Crippen LogP contribution in [-0.4, -0.2) is 30.3 Å². The van der Waals surface area contributed by atoms with Crippen molar-refractivity contribution in [1.82, 2.24) is 10.3 Å². The molecule has 1 saturated carbocycles. The standard InChI is InChI=1S/C14H20F3N3/c1-2-6-18-9-11-8-13(5-7-19-11)20(12-3-4-12)10-14(15,16)17/h5,7-8,12,18H,2-4,6,9-10H2,1H3. The van der Waals surface area contributed by atoms with E-state index in [0.717, 1.165) is 31.5 Å². The van der Waals surface area contributed by atoms with Crippen LogP contribution in [0.2, 0.25) is 0 Å². The molecular weight excluding hydrogens is 267 g/mol. The van der Waals surface area contributed by atoms with Crippen LogP contribution in [0.15, 0.2) is 18.3 Å². The van der Waals surface area contributed by atoms with Gasteiger partial charge in [0, 0.05) is 24.5 Å². The first kappa shape index (κ1) is 15.1. The number of hydrogen-bond acceptors (Lipinski definition) is 3. The van der Waals surface area contributed by atoms with Crippen molar-refractivity contribution in [2.24, 2.45) is 0 Å². The number of anilines is 1. The molecule has 2 rings (SSSR count). The van der Waals surface area contributed by atoms with Crippen LogP contribution in [0.4, 0.5) is 18.9 Å². The number of halogens is 3. The van der Waals surface area contributed by atoms with Crippen LogP contribution in [0, 0.1) is 0 Å². The highest BCUT2D eigenvalue weighted by Gasteiger charge is 2.38. The van der Waals surface area contributed by atoms with Crippen LogP contribution >= 0.6 is 0 Å². The summed E-state index contributed by atoms with van der Waals surface area (Å²) in [6.45, 7) is 2.64. The van der Waals surface area contributed by atoms with Gasteiger partial charge in [-0.1, -0.05) is 6.92 Å². The Kier molecular flexibility index (Phi) is 4.86. The van der Waals surface area contributed by atoms with Gasteiger partial charge in [0.15, 0.2) is 0 Å². The number of nitrogens with zero attached hydrogens (tertiary/aromatic N) is 2. The summed E-state index contributed by atoms with van der Waals surface area (Å²) in [5.74, 6) is 0. The molecule has 0 bridgehead atoms. The van der Waals surface area contributed by atoms with Crippen molar-refractivity contribution in [2.45, 2.75) is 44.9 Å². The molecule has 1 N–H and O–H groups in total. The van der Waals surface area contributed by atoms with E-state index >= 15 is 0 Å². The molecule has 112 valence electrons. The predicted octanol–water partition coefficient (Wildman–Crippen LogP) is 3.11. The molecule has 20 heavy (non-hydrogen) atoms. The molecular formula is C14H20F3N3. The first-order chi connectivity index (χ1) is 9.49. The molecule has 0 amide bonds. The van der Waals surface area contributed by atoms with Gasteiger partial charge in [0.1, 0.15) is 6.54 Å². The van der Waals surface area contributed by atoms with E-state index in [1.54, 1.807) is 18.3 Å². The summed E-state index contributed by atoms with van der Waals surface area (Å²) in [7, 11) is 0. The Labute approximate surface area is 117 Å². The van der Waals surface area contributed by atoms with Crippen LogP contribution in [0.3, 0.4) is 0 Å². The van der Waals surface area contributed by atoms with E-state index in [0.29, 0.717) is 12.2 Å². The second-order valence-corrected chi connectivity index (χ2v) is 5.16. The summed E-state index contributed by atoms with van der Waals surface area (Å²) >= 11 is 0. The number of rotatable bonds is 7. The second kappa shape index (κ2) is 6.43. The fourth-order valence-electron chi connectivity index (χ4n) is 2.14. The van der Waals surface area contributed by atoms with Gasteiger partial charge in [0.05, 0.1) is 5.69 Å². The molecule has 6 heteroatoms. The Morgan fingerprint density at radius 3 is 2.75 bits per heavy atom. The molecule has 0 atom stereocenters. The van der Waals surface area contributed by atoms with Gasteiger partial charge in [-0.3, -0.25) is 4.98 Å². The molecule has 0 saturated heterocycles. The molecule has 1 aliphatic carbocycles. The van der Waals surface area contributed by atoms with Gasteiger partial charge in [-0.25, -0.2) is 0 Å². The number of nitrogens with one attached hydrogen (secondary N) is 1. The third-order valence-corrected chi connectivity index (χ3v) is 3.20. The van der Waals surface area contributed by atoms with Gasteiger partial charge < -0.3 is 10.2 Å². The molecule has 1 aromatic rings. The average molecular weight is 287 g/mol. The summed E-state index contributed by atoms with van der Waals surface area (Å²) in [5, 5.41) is 3.21. The first-order valence-electron chi connectivity index (χ1n) is 6.98. The van der Waals surface area contributed by atoms with Crippen molar-refractivity contribution in [1.29, 1.82) is 0 Å². The van der Waals surface area contributed by atoms with Gasteiger partial charge in [-0.05, 0) is 37.9 Å². The monoisotopic (exact) mass is 287 g/mol. The number of pyridine rings is 1. The van der Waals surface area contributed by atoms with Crippen molar-refractivity contribution < 1.29 is 13.2 Å². The number of aromatic nitrogens is 1. The van der Waals surface area contributed by atoms with Crippen molar-refractivity contribution in [3.8, 4) is 0 Å². The van der Waals surface area contributed by atoms with Gasteiger partial charge in [-0.2, -0.15) is 13.2 Å². The van der Waals surface area contributed by atoms with Crippen LogP contribution in [0.25, 0.3) is 0 Å². The van der Waals surface area contributed by atoms with Crippen LogP contribution in [0.5, 0.6) is 0 Å². The Hall–Kier alpha value is -1.30. The fraction of sp³-hybridized carbons (Fsp3) is 0.643. The summed E-state index contributed by atoms with van der Waals surface area (Å²) in [6.07, 6.45) is 0.0993. The van der Waals surface area contributed by atoms with E-state index in [4.69, 9.17) is 0 Å². The summed E-state index contributed by atoms with van der Waals surface area (Å²) < 4.78 is 38.0. The average Bonchev–Trinajstić information content (AvgIpc) is 3.20. The Balaban J connectivity index is 2.06. The van der Waals surface area contributed by atoms with E-state index in [9.17, 15) is 13.2 Å². The normalized spacial score (nSPS) is 15.4. The highest BCUT2D eigenvalue weighted by molar-refractivity contribution is 5.49. The van der Waals surface area contributed by atoms with Crippen LogP contribution in [0.1, 0.15) is 31.9 Å². The minimum absolute atomic E-state index is 0.0236. The molecule has 1 aromatic heterocycles. The van der Waals surface area contributed by atoms with Gasteiger partial charge in [-0.15, -0.1) is 0 Å². The molecule has 0 spiro atoms. The van der Waals surface area contributed by atoms with Crippen molar-refractivity contribution in [2.75, 3.05) is 18.0 Å². The maximum atomic E-state index is 12.7. The van der Waals surface area contributed by atoms with E-state index in [-0.39, 0.29) is 6.04 Å². The molecule has 1 aliphatic rings. The smallest absolute Gasteiger partial charge is 0.359 e. The molecule has 0 aromatic carbocycles. The van der Waals surface area contributed by atoms with E-state index in [2.05, 4.69) is 17.2 Å². The van der Waals surface area contributed by atoms with Crippen LogP contribution in [-0.2, 0) is 6.54 Å². The number of hydrogen-bond donors (Lipinski definition) is 1. The quantitative estimate of drug-likeness (QED) is 0.781. The minimum atomic E-state index is -4.17. The molecule has 0 unspecified atom stereocenters. The largest absolute Gasteiger partial charge is 0.405 e. The lowest BCUT2D eigenvalue weighted by atomic mass is 10.2. The molecule has 1 fully saturated rings.